The minimum atomic E-state index is -5.38. The van der Waals surface area contributed by atoms with E-state index in [4.69, 9.17) is 4.74 Å². The summed E-state index contributed by atoms with van der Waals surface area (Å²) in [6.07, 6.45) is -9.65. The second kappa shape index (κ2) is 8.77. The average Bonchev–Trinajstić information content (AvgIpc) is 2.47. The van der Waals surface area contributed by atoms with Crippen LogP contribution in [0.3, 0.4) is 0 Å². The molecule has 0 aliphatic heterocycles. The van der Waals surface area contributed by atoms with Crippen LogP contribution >= 0.6 is 22.6 Å². The summed E-state index contributed by atoms with van der Waals surface area (Å²) >= 11 is 2.05. The first-order valence-electron chi connectivity index (χ1n) is 6.98. The predicted octanol–water partition coefficient (Wildman–Crippen LogP) is 4.36. The van der Waals surface area contributed by atoms with Crippen LogP contribution in [0.25, 0.3) is 0 Å². The molecule has 0 radical (unpaired) electrons. The summed E-state index contributed by atoms with van der Waals surface area (Å²) in [7, 11) is 0. The van der Waals surface area contributed by atoms with Crippen molar-refractivity contribution in [2.24, 2.45) is 0 Å². The number of halogens is 6. The van der Waals surface area contributed by atoms with Crippen LogP contribution in [0.2, 0.25) is 0 Å². The van der Waals surface area contributed by atoms with Crippen molar-refractivity contribution < 1.29 is 41.0 Å². The summed E-state index contributed by atoms with van der Waals surface area (Å²) in [4.78, 5) is 23.0. The van der Waals surface area contributed by atoms with Crippen molar-refractivity contribution in [1.82, 2.24) is 0 Å². The lowest BCUT2D eigenvalue weighted by atomic mass is 10.2. The Kier molecular flexibility index (Phi) is 7.57. The molecule has 1 rings (SSSR count). The molecular formula is C15H14F5IO4. The molecule has 10 heteroatoms. The van der Waals surface area contributed by atoms with Gasteiger partial charge >= 0.3 is 18.1 Å². The molecule has 0 aliphatic rings. The zero-order chi connectivity index (χ0) is 19.3. The summed E-state index contributed by atoms with van der Waals surface area (Å²) in [5.74, 6) is -6.38. The van der Waals surface area contributed by atoms with Crippen molar-refractivity contribution in [3.63, 3.8) is 0 Å². The van der Waals surface area contributed by atoms with Gasteiger partial charge in [0.05, 0.1) is 12.2 Å². The Morgan fingerprint density at radius 2 is 1.68 bits per heavy atom. The largest absolute Gasteiger partial charge is 0.462 e. The van der Waals surface area contributed by atoms with Gasteiger partial charge in [-0.2, -0.15) is 13.2 Å². The van der Waals surface area contributed by atoms with Crippen LogP contribution in [0.1, 0.15) is 30.1 Å². The van der Waals surface area contributed by atoms with Gasteiger partial charge in [-0.05, 0) is 53.3 Å². The fourth-order valence-electron chi connectivity index (χ4n) is 1.70. The Labute approximate surface area is 153 Å². The fourth-order valence-corrected chi connectivity index (χ4v) is 2.06. The van der Waals surface area contributed by atoms with E-state index in [0.29, 0.717) is 0 Å². The maximum atomic E-state index is 12.9. The first-order chi connectivity index (χ1) is 11.4. The smallest absolute Gasteiger partial charge is 0.431 e. The molecule has 0 N–H and O–H groups in total. The number of ether oxygens (including phenoxy) is 2. The molecule has 0 aromatic heterocycles. The maximum absolute atomic E-state index is 12.9. The van der Waals surface area contributed by atoms with Crippen LogP contribution in [0, 0.1) is 3.57 Å². The van der Waals surface area contributed by atoms with E-state index in [1.165, 1.54) is 12.1 Å². The van der Waals surface area contributed by atoms with E-state index in [1.54, 1.807) is 12.1 Å². The highest BCUT2D eigenvalue weighted by molar-refractivity contribution is 14.1. The Balaban J connectivity index is 2.41. The number of carbonyl (C=O) groups is 2. The van der Waals surface area contributed by atoms with Gasteiger partial charge in [-0.25, -0.2) is 13.6 Å². The number of hydrogen-bond acceptors (Lipinski definition) is 4. The molecule has 0 bridgehead atoms. The Morgan fingerprint density at radius 3 is 2.16 bits per heavy atom. The second-order valence-electron chi connectivity index (χ2n) is 5.11. The van der Waals surface area contributed by atoms with Crippen molar-refractivity contribution >= 4 is 34.5 Å². The fraction of sp³-hybridized carbons (Fsp3) is 0.467. The summed E-state index contributed by atoms with van der Waals surface area (Å²) in [5.41, 5.74) is 0.269. The van der Waals surface area contributed by atoms with Crippen LogP contribution in [0.4, 0.5) is 22.0 Å². The third kappa shape index (κ3) is 7.53. The summed E-state index contributed by atoms with van der Waals surface area (Å²) < 4.78 is 72.7. The molecule has 0 saturated heterocycles. The third-order valence-electron chi connectivity index (χ3n) is 2.85. The van der Waals surface area contributed by atoms with Crippen molar-refractivity contribution in [3.05, 3.63) is 33.4 Å². The number of benzene rings is 1. The molecule has 0 saturated carbocycles. The van der Waals surface area contributed by atoms with Gasteiger partial charge in [0, 0.05) is 16.9 Å². The van der Waals surface area contributed by atoms with E-state index in [2.05, 4.69) is 4.74 Å². The molecule has 140 valence electrons. The second-order valence-corrected chi connectivity index (χ2v) is 6.36. The number of alkyl halides is 5. The van der Waals surface area contributed by atoms with E-state index >= 15 is 0 Å². The molecule has 25 heavy (non-hydrogen) atoms. The number of hydrogen-bond donors (Lipinski definition) is 0. The number of rotatable bonds is 7. The van der Waals surface area contributed by atoms with Gasteiger partial charge in [-0.3, -0.25) is 4.79 Å². The van der Waals surface area contributed by atoms with Crippen molar-refractivity contribution in [2.75, 3.05) is 6.61 Å². The molecule has 0 spiro atoms. The van der Waals surface area contributed by atoms with Crippen molar-refractivity contribution in [1.29, 1.82) is 0 Å². The Bertz CT molecular complexity index is 581. The highest BCUT2D eigenvalue weighted by Gasteiger charge is 2.56. The van der Waals surface area contributed by atoms with Gasteiger partial charge in [-0.1, -0.05) is 0 Å². The lowest BCUT2D eigenvalue weighted by molar-refractivity contribution is -0.273. The molecule has 0 aliphatic carbocycles. The van der Waals surface area contributed by atoms with E-state index in [1.807, 2.05) is 22.6 Å². The van der Waals surface area contributed by atoms with E-state index in [-0.39, 0.29) is 25.5 Å². The first-order valence-corrected chi connectivity index (χ1v) is 8.06. The standard InChI is InChI=1S/C15H14F5IO4/c1-14(16,17)13(15(18,19)20)25-11(22)3-2-8-24-12(23)9-4-6-10(21)7-5-9/h4-7,13H,2-3,8H2,1H3. The number of esters is 2. The van der Waals surface area contributed by atoms with Gasteiger partial charge in [0.15, 0.2) is 0 Å². The lowest BCUT2D eigenvalue weighted by Crippen LogP contribution is -2.46. The topological polar surface area (TPSA) is 52.6 Å². The average molecular weight is 480 g/mol. The quantitative estimate of drug-likeness (QED) is 0.252. The Morgan fingerprint density at radius 1 is 1.12 bits per heavy atom. The zero-order valence-corrected chi connectivity index (χ0v) is 15.1. The Hall–Kier alpha value is -1.46. The molecule has 1 atom stereocenters. The molecular weight excluding hydrogens is 466 g/mol. The summed E-state index contributed by atoms with van der Waals surface area (Å²) in [6, 6.07) is 6.40. The van der Waals surface area contributed by atoms with Crippen LogP contribution in [0.15, 0.2) is 24.3 Å². The normalized spacial score (nSPS) is 13.2. The SMILES string of the molecule is CC(F)(F)C(OC(=O)CCCOC(=O)c1ccc(I)cc1)C(F)(F)F. The van der Waals surface area contributed by atoms with Crippen LogP contribution in [-0.4, -0.2) is 36.7 Å². The minimum Gasteiger partial charge on any atom is -0.462 e. The number of carbonyl (C=O) groups excluding carboxylic acids is 2. The van der Waals surface area contributed by atoms with Crippen LogP contribution in [-0.2, 0) is 14.3 Å². The molecule has 0 amide bonds. The van der Waals surface area contributed by atoms with Gasteiger partial charge in [0.25, 0.3) is 12.0 Å². The van der Waals surface area contributed by atoms with Crippen molar-refractivity contribution in [3.8, 4) is 0 Å². The minimum absolute atomic E-state index is 0.0151. The summed E-state index contributed by atoms with van der Waals surface area (Å²) in [6.45, 7) is -0.250. The molecule has 1 aromatic carbocycles. The van der Waals surface area contributed by atoms with Gasteiger partial charge < -0.3 is 9.47 Å². The van der Waals surface area contributed by atoms with Gasteiger partial charge in [-0.15, -0.1) is 0 Å². The van der Waals surface area contributed by atoms with E-state index in [0.717, 1.165) is 3.57 Å². The van der Waals surface area contributed by atoms with E-state index in [9.17, 15) is 31.5 Å². The van der Waals surface area contributed by atoms with Crippen LogP contribution < -0.4 is 0 Å². The van der Waals surface area contributed by atoms with Gasteiger partial charge in [0.1, 0.15) is 0 Å². The van der Waals surface area contributed by atoms with Crippen LogP contribution in [0.5, 0.6) is 0 Å². The summed E-state index contributed by atoms with van der Waals surface area (Å²) in [5, 5.41) is 0. The third-order valence-corrected chi connectivity index (χ3v) is 3.56. The van der Waals surface area contributed by atoms with E-state index < -0.39 is 36.6 Å². The first kappa shape index (κ1) is 21.6. The zero-order valence-electron chi connectivity index (χ0n) is 12.9. The molecule has 4 nitrogen and oxygen atoms in total. The molecule has 1 aromatic rings. The highest BCUT2D eigenvalue weighted by atomic mass is 127. The lowest BCUT2D eigenvalue weighted by Gasteiger charge is -2.25. The molecule has 0 fully saturated rings. The van der Waals surface area contributed by atoms with Gasteiger partial charge in [0.2, 0.25) is 0 Å². The monoisotopic (exact) mass is 480 g/mol. The molecule has 1 unspecified atom stereocenters. The highest BCUT2D eigenvalue weighted by Crippen LogP contribution is 2.34. The predicted molar refractivity (Wildman–Crippen MR) is 85.2 cm³/mol. The van der Waals surface area contributed by atoms with Crippen molar-refractivity contribution in [2.45, 2.75) is 38.0 Å². The molecule has 0 heterocycles. The maximum Gasteiger partial charge on any atom is 0.431 e.